The van der Waals surface area contributed by atoms with Crippen molar-refractivity contribution in [1.29, 1.82) is 0 Å². The van der Waals surface area contributed by atoms with E-state index in [4.69, 9.17) is 16.3 Å². The van der Waals surface area contributed by atoms with Crippen LogP contribution in [0, 0.1) is 5.92 Å². The fourth-order valence-corrected chi connectivity index (χ4v) is 3.65. The third-order valence-corrected chi connectivity index (χ3v) is 5.30. The molecule has 2 fully saturated rings. The topological polar surface area (TPSA) is 44.8 Å². The number of carbonyl (C=O) groups is 1. The minimum atomic E-state index is 0.0757. The summed E-state index contributed by atoms with van der Waals surface area (Å²) < 4.78 is 5.44. The quantitative estimate of drug-likeness (QED) is 0.908. The Labute approximate surface area is 148 Å². The molecule has 0 spiro atoms. The first kappa shape index (κ1) is 17.2. The summed E-state index contributed by atoms with van der Waals surface area (Å²) in [5, 5.41) is 3.88. The minimum absolute atomic E-state index is 0.0757. The molecule has 1 aromatic carbocycles. The van der Waals surface area contributed by atoms with Crippen LogP contribution in [0.3, 0.4) is 0 Å². The van der Waals surface area contributed by atoms with Gasteiger partial charge in [-0.2, -0.15) is 0 Å². The molecule has 2 aliphatic rings. The molecule has 132 valence electrons. The summed E-state index contributed by atoms with van der Waals surface area (Å²) in [6.45, 7) is 5.66. The van der Waals surface area contributed by atoms with E-state index in [1.54, 1.807) is 7.11 Å². The predicted molar refractivity (Wildman–Crippen MR) is 97.1 cm³/mol. The molecule has 2 saturated heterocycles. The van der Waals surface area contributed by atoms with Crippen LogP contribution in [0.25, 0.3) is 0 Å². The first-order valence-corrected chi connectivity index (χ1v) is 9.08. The van der Waals surface area contributed by atoms with Gasteiger partial charge in [-0.25, -0.2) is 4.79 Å². The largest absolute Gasteiger partial charge is 0.495 e. The number of nitrogens with zero attached hydrogens (tertiary/aromatic N) is 2. The molecule has 1 unspecified atom stereocenters. The lowest BCUT2D eigenvalue weighted by Gasteiger charge is -2.31. The SMILES string of the molecule is COc1ccc(Cl)cc1N1CCC(NC(=O)N2CCC(C)CC2)C1. The van der Waals surface area contributed by atoms with Gasteiger partial charge in [0, 0.05) is 37.2 Å². The molecule has 0 aromatic heterocycles. The van der Waals surface area contributed by atoms with Gasteiger partial charge >= 0.3 is 6.03 Å². The van der Waals surface area contributed by atoms with Crippen LogP contribution >= 0.6 is 11.6 Å². The highest BCUT2D eigenvalue weighted by Gasteiger charge is 2.28. The average molecular weight is 352 g/mol. The minimum Gasteiger partial charge on any atom is -0.495 e. The molecule has 2 aliphatic heterocycles. The Balaban J connectivity index is 1.58. The molecule has 0 bridgehead atoms. The molecular formula is C18H26ClN3O2. The number of ether oxygens (including phenoxy) is 1. The van der Waals surface area contributed by atoms with Crippen molar-refractivity contribution >= 4 is 23.3 Å². The van der Waals surface area contributed by atoms with Crippen molar-refractivity contribution in [3.8, 4) is 5.75 Å². The number of methoxy groups -OCH3 is 1. The molecule has 24 heavy (non-hydrogen) atoms. The fourth-order valence-electron chi connectivity index (χ4n) is 3.48. The van der Waals surface area contributed by atoms with Crippen LogP contribution in [0.4, 0.5) is 10.5 Å². The zero-order valence-corrected chi connectivity index (χ0v) is 15.2. The van der Waals surface area contributed by atoms with E-state index >= 15 is 0 Å². The summed E-state index contributed by atoms with van der Waals surface area (Å²) in [7, 11) is 1.67. The van der Waals surface area contributed by atoms with Gasteiger partial charge in [0.2, 0.25) is 0 Å². The summed E-state index contributed by atoms with van der Waals surface area (Å²) in [5.74, 6) is 1.54. The van der Waals surface area contributed by atoms with E-state index in [0.717, 1.165) is 62.8 Å². The van der Waals surface area contributed by atoms with Crippen molar-refractivity contribution in [3.05, 3.63) is 23.2 Å². The fraction of sp³-hybridized carbons (Fsp3) is 0.611. The molecule has 0 radical (unpaired) electrons. The third-order valence-electron chi connectivity index (χ3n) is 5.07. The Morgan fingerprint density at radius 1 is 1.25 bits per heavy atom. The molecule has 5 nitrogen and oxygen atoms in total. The molecule has 0 aliphatic carbocycles. The third kappa shape index (κ3) is 3.89. The monoisotopic (exact) mass is 351 g/mol. The van der Waals surface area contributed by atoms with Crippen molar-refractivity contribution in [1.82, 2.24) is 10.2 Å². The number of anilines is 1. The van der Waals surface area contributed by atoms with Gasteiger partial charge in [0.05, 0.1) is 12.8 Å². The van der Waals surface area contributed by atoms with Crippen molar-refractivity contribution < 1.29 is 9.53 Å². The maximum Gasteiger partial charge on any atom is 0.317 e. The van der Waals surface area contributed by atoms with Crippen molar-refractivity contribution in [2.45, 2.75) is 32.2 Å². The average Bonchev–Trinajstić information content (AvgIpc) is 3.03. The Morgan fingerprint density at radius 2 is 2.00 bits per heavy atom. The lowest BCUT2D eigenvalue weighted by atomic mass is 10.00. The van der Waals surface area contributed by atoms with E-state index in [2.05, 4.69) is 17.1 Å². The standard InChI is InChI=1S/C18H26ClN3O2/c1-13-5-8-21(9-6-13)18(23)20-15-7-10-22(12-15)16-11-14(19)3-4-17(16)24-2/h3-4,11,13,15H,5-10,12H2,1-2H3,(H,20,23). The van der Waals surface area contributed by atoms with Crippen molar-refractivity contribution in [2.24, 2.45) is 5.92 Å². The Morgan fingerprint density at radius 3 is 2.71 bits per heavy atom. The van der Waals surface area contributed by atoms with Gasteiger partial charge < -0.3 is 19.9 Å². The first-order valence-electron chi connectivity index (χ1n) is 8.70. The van der Waals surface area contributed by atoms with Gasteiger partial charge in [0.15, 0.2) is 0 Å². The van der Waals surface area contributed by atoms with Gasteiger partial charge in [0.25, 0.3) is 0 Å². The highest BCUT2D eigenvalue weighted by Crippen LogP contribution is 2.33. The van der Waals surface area contributed by atoms with Gasteiger partial charge in [-0.15, -0.1) is 0 Å². The van der Waals surface area contributed by atoms with Crippen LogP contribution < -0.4 is 15.0 Å². The van der Waals surface area contributed by atoms with E-state index < -0.39 is 0 Å². The maximum atomic E-state index is 12.4. The number of urea groups is 1. The lowest BCUT2D eigenvalue weighted by molar-refractivity contribution is 0.171. The molecule has 1 atom stereocenters. The van der Waals surface area contributed by atoms with E-state index in [1.807, 2.05) is 23.1 Å². The highest BCUT2D eigenvalue weighted by molar-refractivity contribution is 6.30. The summed E-state index contributed by atoms with van der Waals surface area (Å²) in [6.07, 6.45) is 3.14. The van der Waals surface area contributed by atoms with Crippen molar-refractivity contribution in [2.75, 3.05) is 38.2 Å². The highest BCUT2D eigenvalue weighted by atomic mass is 35.5. The van der Waals surface area contributed by atoms with Crippen LogP contribution in [0.15, 0.2) is 18.2 Å². The van der Waals surface area contributed by atoms with Gasteiger partial charge in [-0.3, -0.25) is 0 Å². The molecule has 1 N–H and O–H groups in total. The lowest BCUT2D eigenvalue weighted by Crippen LogP contribution is -2.48. The van der Waals surface area contributed by atoms with Crippen LogP contribution in [-0.4, -0.2) is 50.3 Å². The zero-order valence-electron chi connectivity index (χ0n) is 14.4. The molecule has 2 amide bonds. The van der Waals surface area contributed by atoms with E-state index in [9.17, 15) is 4.79 Å². The number of halogens is 1. The molecule has 2 heterocycles. The molecule has 6 heteroatoms. The number of benzene rings is 1. The van der Waals surface area contributed by atoms with Gasteiger partial charge in [-0.1, -0.05) is 18.5 Å². The summed E-state index contributed by atoms with van der Waals surface area (Å²) in [6, 6.07) is 5.89. The number of hydrogen-bond acceptors (Lipinski definition) is 3. The zero-order chi connectivity index (χ0) is 17.1. The molecular weight excluding hydrogens is 326 g/mol. The number of nitrogens with one attached hydrogen (secondary N) is 1. The number of likely N-dealkylation sites (tertiary alicyclic amines) is 1. The van der Waals surface area contributed by atoms with Crippen molar-refractivity contribution in [3.63, 3.8) is 0 Å². The van der Waals surface area contributed by atoms with Crippen LogP contribution in [0.1, 0.15) is 26.2 Å². The second-order valence-corrected chi connectivity index (χ2v) is 7.30. The number of piperidine rings is 1. The second-order valence-electron chi connectivity index (χ2n) is 6.87. The Kier molecular flexibility index (Phi) is 5.39. The van der Waals surface area contributed by atoms with E-state index in [1.165, 1.54) is 0 Å². The normalized spacial score (nSPS) is 21.9. The number of hydrogen-bond donors (Lipinski definition) is 1. The Bertz CT molecular complexity index is 588. The van der Waals surface area contributed by atoms with Gasteiger partial charge in [0.1, 0.15) is 5.75 Å². The molecule has 3 rings (SSSR count). The van der Waals surface area contributed by atoms with Crippen LogP contribution in [0.5, 0.6) is 5.75 Å². The predicted octanol–water partition coefficient (Wildman–Crippen LogP) is 3.37. The number of carbonyl (C=O) groups excluding carboxylic acids is 1. The number of rotatable bonds is 3. The summed E-state index contributed by atoms with van der Waals surface area (Å²) in [5.41, 5.74) is 0.994. The Hall–Kier alpha value is -1.62. The smallest absolute Gasteiger partial charge is 0.317 e. The molecule has 0 saturated carbocycles. The van der Waals surface area contributed by atoms with Gasteiger partial charge in [-0.05, 0) is 43.4 Å². The van der Waals surface area contributed by atoms with Crippen LogP contribution in [0.2, 0.25) is 5.02 Å². The van der Waals surface area contributed by atoms with E-state index in [0.29, 0.717) is 5.02 Å². The van der Waals surface area contributed by atoms with Crippen LogP contribution in [-0.2, 0) is 0 Å². The second kappa shape index (κ2) is 7.51. The van der Waals surface area contributed by atoms with E-state index in [-0.39, 0.29) is 12.1 Å². The summed E-state index contributed by atoms with van der Waals surface area (Å²) in [4.78, 5) is 16.6. The molecule has 1 aromatic rings. The first-order chi connectivity index (χ1) is 11.6. The summed E-state index contributed by atoms with van der Waals surface area (Å²) >= 11 is 6.13. The number of amides is 2. The maximum absolute atomic E-state index is 12.4.